The SMILES string of the molecule is CCNC(=NCCC(=O)Nc1cccc(C)n1)N(C)Cc1ccc(OC(F)F)cc1.I. The van der Waals surface area contributed by atoms with Crippen molar-refractivity contribution >= 4 is 41.7 Å². The van der Waals surface area contributed by atoms with Crippen molar-refractivity contribution in [1.29, 1.82) is 0 Å². The molecule has 1 aromatic heterocycles. The molecule has 0 aliphatic heterocycles. The number of rotatable bonds is 9. The molecule has 7 nitrogen and oxygen atoms in total. The first-order valence-electron chi connectivity index (χ1n) is 9.64. The van der Waals surface area contributed by atoms with Gasteiger partial charge in [-0.2, -0.15) is 8.78 Å². The number of hydrogen-bond acceptors (Lipinski definition) is 4. The van der Waals surface area contributed by atoms with E-state index in [0.717, 1.165) is 11.3 Å². The molecule has 0 bridgehead atoms. The Labute approximate surface area is 198 Å². The van der Waals surface area contributed by atoms with E-state index in [1.807, 2.05) is 37.9 Å². The largest absolute Gasteiger partial charge is 0.435 e. The summed E-state index contributed by atoms with van der Waals surface area (Å²) in [5.41, 5.74) is 1.74. The van der Waals surface area contributed by atoms with Crippen molar-refractivity contribution < 1.29 is 18.3 Å². The van der Waals surface area contributed by atoms with Crippen LogP contribution >= 0.6 is 24.0 Å². The van der Waals surface area contributed by atoms with Crippen molar-refractivity contribution in [3.63, 3.8) is 0 Å². The highest BCUT2D eigenvalue weighted by Crippen LogP contribution is 2.15. The standard InChI is InChI=1S/C21H27F2N5O2.HI/c1-4-24-21(25-13-12-19(29)27-18-7-5-6-15(2)26-18)28(3)14-16-8-10-17(11-9-16)30-20(22)23;/h5-11,20H,4,12-14H2,1-3H3,(H,24,25)(H,26,27,29);1H. The van der Waals surface area contributed by atoms with Crippen molar-refractivity contribution in [2.45, 2.75) is 33.4 Å². The van der Waals surface area contributed by atoms with Gasteiger partial charge in [-0.25, -0.2) is 4.98 Å². The number of halogens is 3. The van der Waals surface area contributed by atoms with Crippen LogP contribution in [0.3, 0.4) is 0 Å². The Hall–Kier alpha value is -2.50. The molecule has 0 aliphatic carbocycles. The maximum atomic E-state index is 12.3. The van der Waals surface area contributed by atoms with Crippen LogP contribution < -0.4 is 15.4 Å². The summed E-state index contributed by atoms with van der Waals surface area (Å²) in [4.78, 5) is 22.7. The lowest BCUT2D eigenvalue weighted by Crippen LogP contribution is -2.38. The monoisotopic (exact) mass is 547 g/mol. The molecule has 1 heterocycles. The highest BCUT2D eigenvalue weighted by molar-refractivity contribution is 14.0. The van der Waals surface area contributed by atoms with Crippen LogP contribution in [0.15, 0.2) is 47.5 Å². The van der Waals surface area contributed by atoms with E-state index in [1.165, 1.54) is 12.1 Å². The van der Waals surface area contributed by atoms with E-state index in [-0.39, 0.29) is 42.1 Å². The first-order chi connectivity index (χ1) is 14.4. The number of nitrogens with zero attached hydrogens (tertiary/aromatic N) is 3. The molecule has 0 unspecified atom stereocenters. The molecular formula is C21H28F2IN5O2. The number of pyridine rings is 1. The molecule has 170 valence electrons. The van der Waals surface area contributed by atoms with Gasteiger partial charge in [-0.3, -0.25) is 9.79 Å². The molecule has 2 aromatic rings. The third-order valence-corrected chi connectivity index (χ3v) is 4.02. The van der Waals surface area contributed by atoms with E-state index in [2.05, 4.69) is 25.3 Å². The van der Waals surface area contributed by atoms with Crippen LogP contribution in [0.1, 0.15) is 24.6 Å². The minimum absolute atomic E-state index is 0. The number of aliphatic imine (C=N–C) groups is 1. The second-order valence-corrected chi connectivity index (χ2v) is 6.58. The van der Waals surface area contributed by atoms with E-state index >= 15 is 0 Å². The Morgan fingerprint density at radius 2 is 1.94 bits per heavy atom. The van der Waals surface area contributed by atoms with Crippen LogP contribution in [0.2, 0.25) is 0 Å². The van der Waals surface area contributed by atoms with Gasteiger partial charge in [-0.15, -0.1) is 24.0 Å². The van der Waals surface area contributed by atoms with Crippen molar-refractivity contribution in [3.05, 3.63) is 53.7 Å². The van der Waals surface area contributed by atoms with E-state index in [4.69, 9.17) is 0 Å². The molecule has 1 amide bonds. The van der Waals surface area contributed by atoms with Crippen LogP contribution in [0, 0.1) is 6.92 Å². The number of ether oxygens (including phenoxy) is 1. The molecule has 0 aliphatic rings. The van der Waals surface area contributed by atoms with Gasteiger partial charge in [-0.05, 0) is 43.7 Å². The summed E-state index contributed by atoms with van der Waals surface area (Å²) in [5, 5.41) is 5.94. The molecule has 1 aromatic carbocycles. The van der Waals surface area contributed by atoms with E-state index in [9.17, 15) is 13.6 Å². The second-order valence-electron chi connectivity index (χ2n) is 6.58. The number of amides is 1. The Kier molecular flexibility index (Phi) is 11.8. The maximum absolute atomic E-state index is 12.3. The summed E-state index contributed by atoms with van der Waals surface area (Å²) < 4.78 is 28.9. The molecule has 0 atom stereocenters. The quantitative estimate of drug-likeness (QED) is 0.282. The summed E-state index contributed by atoms with van der Waals surface area (Å²) >= 11 is 0. The lowest BCUT2D eigenvalue weighted by molar-refractivity contribution is -0.116. The molecule has 31 heavy (non-hydrogen) atoms. The number of aromatic nitrogens is 1. The van der Waals surface area contributed by atoms with Crippen molar-refractivity contribution in [3.8, 4) is 5.75 Å². The summed E-state index contributed by atoms with van der Waals surface area (Å²) in [6, 6.07) is 11.9. The normalized spacial score (nSPS) is 11.0. The summed E-state index contributed by atoms with van der Waals surface area (Å²) in [6.07, 6.45) is 0.220. The highest BCUT2D eigenvalue weighted by Gasteiger charge is 2.09. The van der Waals surface area contributed by atoms with Crippen molar-refractivity contribution in [2.75, 3.05) is 25.5 Å². The number of aryl methyl sites for hydroxylation is 1. The molecule has 0 saturated carbocycles. The average Bonchev–Trinajstić information content (AvgIpc) is 2.68. The van der Waals surface area contributed by atoms with Gasteiger partial charge in [0.05, 0.1) is 6.54 Å². The number of nitrogens with one attached hydrogen (secondary N) is 2. The first kappa shape index (κ1) is 26.5. The fourth-order valence-electron chi connectivity index (χ4n) is 2.68. The number of benzene rings is 1. The third kappa shape index (κ3) is 9.90. The number of carbonyl (C=O) groups excluding carboxylic acids is 1. The minimum atomic E-state index is -2.84. The molecule has 0 saturated heterocycles. The second kappa shape index (κ2) is 13.7. The van der Waals surface area contributed by atoms with Gasteiger partial charge in [0.2, 0.25) is 5.91 Å². The lowest BCUT2D eigenvalue weighted by Gasteiger charge is -2.22. The average molecular weight is 547 g/mol. The van der Waals surface area contributed by atoms with Crippen LogP contribution in [-0.2, 0) is 11.3 Å². The number of carbonyl (C=O) groups is 1. The maximum Gasteiger partial charge on any atom is 0.387 e. The van der Waals surface area contributed by atoms with Crippen LogP contribution in [0.25, 0.3) is 0 Å². The highest BCUT2D eigenvalue weighted by atomic mass is 127. The fourth-order valence-corrected chi connectivity index (χ4v) is 2.68. The predicted molar refractivity (Wildman–Crippen MR) is 128 cm³/mol. The van der Waals surface area contributed by atoms with Gasteiger partial charge in [0.25, 0.3) is 0 Å². The van der Waals surface area contributed by atoms with Crippen LogP contribution in [0.5, 0.6) is 5.75 Å². The Morgan fingerprint density at radius 1 is 1.23 bits per heavy atom. The van der Waals surface area contributed by atoms with E-state index in [0.29, 0.717) is 31.4 Å². The molecule has 0 radical (unpaired) electrons. The zero-order valence-electron chi connectivity index (χ0n) is 17.8. The zero-order valence-corrected chi connectivity index (χ0v) is 20.1. The molecule has 0 spiro atoms. The molecule has 0 fully saturated rings. The van der Waals surface area contributed by atoms with E-state index < -0.39 is 6.61 Å². The third-order valence-electron chi connectivity index (χ3n) is 4.02. The van der Waals surface area contributed by atoms with Crippen LogP contribution in [0.4, 0.5) is 14.6 Å². The van der Waals surface area contributed by atoms with Gasteiger partial charge in [0.1, 0.15) is 11.6 Å². The summed E-state index contributed by atoms with van der Waals surface area (Å²) in [5.74, 6) is 1.12. The van der Waals surface area contributed by atoms with Gasteiger partial charge >= 0.3 is 6.61 Å². The molecule has 10 heteroatoms. The molecule has 2 rings (SSSR count). The van der Waals surface area contributed by atoms with Gasteiger partial charge in [0.15, 0.2) is 5.96 Å². The predicted octanol–water partition coefficient (Wildman–Crippen LogP) is 4.04. The van der Waals surface area contributed by atoms with Gasteiger partial charge in [-0.1, -0.05) is 18.2 Å². The molecular weight excluding hydrogens is 519 g/mol. The van der Waals surface area contributed by atoms with E-state index in [1.54, 1.807) is 18.2 Å². The Morgan fingerprint density at radius 3 is 2.55 bits per heavy atom. The van der Waals surface area contributed by atoms with Crippen LogP contribution in [-0.4, -0.2) is 48.5 Å². The first-order valence-corrected chi connectivity index (χ1v) is 9.64. The Bertz CT molecular complexity index is 850. The zero-order chi connectivity index (χ0) is 21.9. The summed E-state index contributed by atoms with van der Waals surface area (Å²) in [6.45, 7) is 2.47. The summed E-state index contributed by atoms with van der Waals surface area (Å²) in [7, 11) is 1.86. The lowest BCUT2D eigenvalue weighted by atomic mass is 10.2. The fraction of sp³-hybridized carbons (Fsp3) is 0.381. The minimum Gasteiger partial charge on any atom is -0.435 e. The topological polar surface area (TPSA) is 78.8 Å². The molecule has 2 N–H and O–H groups in total. The number of guanidine groups is 1. The Balaban J connectivity index is 0.00000480. The number of anilines is 1. The number of alkyl halides is 2. The number of hydrogen-bond donors (Lipinski definition) is 2. The van der Waals surface area contributed by atoms with Gasteiger partial charge in [0, 0.05) is 32.3 Å². The smallest absolute Gasteiger partial charge is 0.387 e. The van der Waals surface area contributed by atoms with Crippen molar-refractivity contribution in [2.24, 2.45) is 4.99 Å². The van der Waals surface area contributed by atoms with Gasteiger partial charge < -0.3 is 20.3 Å². The van der Waals surface area contributed by atoms with Crippen molar-refractivity contribution in [1.82, 2.24) is 15.2 Å².